The number of hydrogen-bond donors (Lipinski definition) is 5. The molecule has 1 unspecified atom stereocenters. The minimum Gasteiger partial charge on any atom is -0.397 e. The van der Waals surface area contributed by atoms with Gasteiger partial charge in [0.2, 0.25) is 0 Å². The number of nitrogens with one attached hydrogen (secondary N) is 3. The minimum absolute atomic E-state index is 0.128. The van der Waals surface area contributed by atoms with E-state index in [9.17, 15) is 9.50 Å². The molecule has 0 spiro atoms. The van der Waals surface area contributed by atoms with Crippen molar-refractivity contribution in [3.05, 3.63) is 65.6 Å². The third kappa shape index (κ3) is 4.07. The number of aliphatic hydroxyl groups is 1. The first-order valence-corrected chi connectivity index (χ1v) is 7.86. The van der Waals surface area contributed by atoms with Gasteiger partial charge in [-0.15, -0.1) is 0 Å². The molecule has 25 heavy (non-hydrogen) atoms. The summed E-state index contributed by atoms with van der Waals surface area (Å²) in [5, 5.41) is 23.0. The maximum atomic E-state index is 13.1. The molecule has 0 amide bonds. The average Bonchev–Trinajstić information content (AvgIpc) is 3.01. The molecule has 1 heterocycles. The molecule has 2 aromatic carbocycles. The Kier molecular flexibility index (Phi) is 4.85. The van der Waals surface area contributed by atoms with Crippen LogP contribution in [-0.2, 0) is 0 Å². The van der Waals surface area contributed by atoms with E-state index < -0.39 is 0 Å². The number of H-pyrrole nitrogens is 1. The molecule has 1 atom stereocenters. The van der Waals surface area contributed by atoms with Gasteiger partial charge in [-0.25, -0.2) is 4.39 Å². The number of aromatic amines is 1. The summed E-state index contributed by atoms with van der Waals surface area (Å²) in [4.78, 5) is 0. The molecule has 0 saturated carbocycles. The molecule has 0 aliphatic rings. The Labute approximate surface area is 144 Å². The molecule has 6 nitrogen and oxygen atoms in total. The van der Waals surface area contributed by atoms with Gasteiger partial charge in [-0.05, 0) is 42.8 Å². The highest BCUT2D eigenvalue weighted by Crippen LogP contribution is 2.28. The van der Waals surface area contributed by atoms with Crippen molar-refractivity contribution >= 4 is 22.9 Å². The van der Waals surface area contributed by atoms with Gasteiger partial charge in [-0.1, -0.05) is 12.1 Å². The first-order valence-electron chi connectivity index (χ1n) is 7.86. The lowest BCUT2D eigenvalue weighted by molar-refractivity contribution is 0.276. The van der Waals surface area contributed by atoms with Crippen molar-refractivity contribution in [2.45, 2.75) is 13.0 Å². The third-order valence-corrected chi connectivity index (χ3v) is 3.82. The van der Waals surface area contributed by atoms with Gasteiger partial charge in [-0.3, -0.25) is 5.10 Å². The number of aromatic nitrogens is 2. The van der Waals surface area contributed by atoms with Gasteiger partial charge in [0, 0.05) is 17.4 Å². The normalized spacial score (nSPS) is 12.0. The molecule has 130 valence electrons. The highest BCUT2D eigenvalue weighted by Gasteiger charge is 2.12. The van der Waals surface area contributed by atoms with Gasteiger partial charge in [0.1, 0.15) is 5.82 Å². The largest absolute Gasteiger partial charge is 0.397 e. The number of aliphatic hydroxyl groups excluding tert-OH is 1. The zero-order valence-electron chi connectivity index (χ0n) is 13.8. The first kappa shape index (κ1) is 16.8. The van der Waals surface area contributed by atoms with Crippen molar-refractivity contribution in [1.82, 2.24) is 10.2 Å². The van der Waals surface area contributed by atoms with Crippen molar-refractivity contribution in [2.75, 3.05) is 23.0 Å². The number of nitrogens with two attached hydrogens (primary N) is 1. The Morgan fingerprint density at radius 3 is 2.60 bits per heavy atom. The fourth-order valence-electron chi connectivity index (χ4n) is 2.51. The molecule has 0 aliphatic heterocycles. The summed E-state index contributed by atoms with van der Waals surface area (Å²) in [6.07, 6.45) is 0. The van der Waals surface area contributed by atoms with Crippen molar-refractivity contribution in [3.63, 3.8) is 0 Å². The Morgan fingerprint density at radius 1 is 1.20 bits per heavy atom. The molecule has 0 saturated heterocycles. The van der Waals surface area contributed by atoms with Crippen LogP contribution < -0.4 is 16.4 Å². The van der Waals surface area contributed by atoms with Gasteiger partial charge < -0.3 is 21.5 Å². The topological polar surface area (TPSA) is 99.0 Å². The highest BCUT2D eigenvalue weighted by atomic mass is 19.1. The summed E-state index contributed by atoms with van der Waals surface area (Å²) in [6, 6.07) is 13.0. The minimum atomic E-state index is -0.357. The fraction of sp³-hybridized carbons (Fsp3) is 0.167. The molecular weight excluding hydrogens is 321 g/mol. The molecular formula is C18H20FN5O. The zero-order valence-corrected chi connectivity index (χ0v) is 13.8. The zero-order chi connectivity index (χ0) is 17.8. The SMILES string of the molecule is Cc1cc(Nc2cc(NC(CO)c3ccc(F)cc3)ccc2N)n[nH]1. The standard InChI is InChI=1S/C18H20FN5O/c1-11-8-18(24-23-11)22-16-9-14(6-7-15(16)20)21-17(10-25)12-2-4-13(19)5-3-12/h2-9,17,21,25H,10,20H2,1H3,(H2,22,23,24). The Hall–Kier alpha value is -3.06. The van der Waals surface area contributed by atoms with Crippen molar-refractivity contribution in [1.29, 1.82) is 0 Å². The van der Waals surface area contributed by atoms with Crippen LogP contribution >= 0.6 is 0 Å². The van der Waals surface area contributed by atoms with E-state index >= 15 is 0 Å². The molecule has 0 fully saturated rings. The number of benzene rings is 2. The Morgan fingerprint density at radius 2 is 1.96 bits per heavy atom. The molecule has 7 heteroatoms. The molecule has 1 aromatic heterocycles. The van der Waals surface area contributed by atoms with Gasteiger partial charge in [0.15, 0.2) is 5.82 Å². The van der Waals surface area contributed by atoms with E-state index in [0.717, 1.165) is 16.9 Å². The number of anilines is 4. The monoisotopic (exact) mass is 341 g/mol. The molecule has 6 N–H and O–H groups in total. The number of halogens is 1. The smallest absolute Gasteiger partial charge is 0.152 e. The second-order valence-corrected chi connectivity index (χ2v) is 5.79. The fourth-order valence-corrected chi connectivity index (χ4v) is 2.51. The van der Waals surface area contributed by atoms with Crippen LogP contribution in [0.1, 0.15) is 17.3 Å². The van der Waals surface area contributed by atoms with E-state index in [0.29, 0.717) is 17.2 Å². The quantitative estimate of drug-likeness (QED) is 0.443. The van der Waals surface area contributed by atoms with Gasteiger partial charge in [0.05, 0.1) is 24.0 Å². The number of nitrogen functional groups attached to an aromatic ring is 1. The second-order valence-electron chi connectivity index (χ2n) is 5.79. The maximum Gasteiger partial charge on any atom is 0.152 e. The van der Waals surface area contributed by atoms with Gasteiger partial charge in [0.25, 0.3) is 0 Å². The molecule has 0 bridgehead atoms. The molecule has 3 aromatic rings. The summed E-state index contributed by atoms with van der Waals surface area (Å²) < 4.78 is 13.1. The van der Waals surface area contributed by atoms with Crippen LogP contribution in [0.4, 0.5) is 27.3 Å². The van der Waals surface area contributed by atoms with Crippen LogP contribution in [0, 0.1) is 12.7 Å². The van der Waals surface area contributed by atoms with E-state index in [1.54, 1.807) is 18.2 Å². The second kappa shape index (κ2) is 7.23. The predicted octanol–water partition coefficient (Wildman–Crippen LogP) is 3.33. The van der Waals surface area contributed by atoms with Crippen molar-refractivity contribution < 1.29 is 9.50 Å². The van der Waals surface area contributed by atoms with E-state index in [2.05, 4.69) is 20.8 Å². The molecule has 0 radical (unpaired) electrons. The first-order chi connectivity index (χ1) is 12.0. The lowest BCUT2D eigenvalue weighted by atomic mass is 10.1. The summed E-state index contributed by atoms with van der Waals surface area (Å²) in [5.41, 5.74) is 9.79. The summed E-state index contributed by atoms with van der Waals surface area (Å²) in [5.74, 6) is 0.354. The highest BCUT2D eigenvalue weighted by molar-refractivity contribution is 5.75. The number of hydrogen-bond acceptors (Lipinski definition) is 5. The number of rotatable bonds is 6. The number of nitrogens with zero attached hydrogens (tertiary/aromatic N) is 1. The van der Waals surface area contributed by atoms with E-state index in [4.69, 9.17) is 5.73 Å². The predicted molar refractivity (Wildman–Crippen MR) is 97.3 cm³/mol. The van der Waals surface area contributed by atoms with Crippen LogP contribution in [0.2, 0.25) is 0 Å². The summed E-state index contributed by atoms with van der Waals surface area (Å²) >= 11 is 0. The van der Waals surface area contributed by atoms with Crippen LogP contribution in [-0.4, -0.2) is 21.9 Å². The molecule has 0 aliphatic carbocycles. The van der Waals surface area contributed by atoms with Crippen LogP contribution in [0.25, 0.3) is 0 Å². The maximum absolute atomic E-state index is 13.1. The number of aryl methyl sites for hydroxylation is 1. The summed E-state index contributed by atoms with van der Waals surface area (Å²) in [6.45, 7) is 1.78. The van der Waals surface area contributed by atoms with E-state index in [-0.39, 0.29) is 18.5 Å². The Bertz CT molecular complexity index is 847. The summed E-state index contributed by atoms with van der Waals surface area (Å²) in [7, 11) is 0. The average molecular weight is 341 g/mol. The van der Waals surface area contributed by atoms with Gasteiger partial charge >= 0.3 is 0 Å². The van der Waals surface area contributed by atoms with Crippen molar-refractivity contribution in [2.24, 2.45) is 0 Å². The Balaban J connectivity index is 1.79. The van der Waals surface area contributed by atoms with E-state index in [1.807, 2.05) is 25.1 Å². The lowest BCUT2D eigenvalue weighted by Gasteiger charge is -2.19. The van der Waals surface area contributed by atoms with Crippen LogP contribution in [0.3, 0.4) is 0 Å². The van der Waals surface area contributed by atoms with Crippen LogP contribution in [0.15, 0.2) is 48.5 Å². The van der Waals surface area contributed by atoms with Crippen molar-refractivity contribution in [3.8, 4) is 0 Å². The third-order valence-electron chi connectivity index (χ3n) is 3.82. The van der Waals surface area contributed by atoms with E-state index in [1.165, 1.54) is 12.1 Å². The van der Waals surface area contributed by atoms with Gasteiger partial charge in [-0.2, -0.15) is 5.10 Å². The molecule has 3 rings (SSSR count). The van der Waals surface area contributed by atoms with Crippen LogP contribution in [0.5, 0.6) is 0 Å². The lowest BCUT2D eigenvalue weighted by Crippen LogP contribution is -2.15.